The maximum atomic E-state index is 13.6. The Bertz CT molecular complexity index is 814. The second-order valence-electron chi connectivity index (χ2n) is 6.94. The molecule has 2 atom stereocenters. The molecule has 0 bridgehead atoms. The minimum Gasteiger partial charge on any atom is -0.387 e. The third-order valence-electron chi connectivity index (χ3n) is 5.28. The summed E-state index contributed by atoms with van der Waals surface area (Å²) < 4.78 is 13.6. The van der Waals surface area contributed by atoms with Crippen molar-refractivity contribution in [2.45, 2.75) is 18.4 Å². The van der Waals surface area contributed by atoms with Gasteiger partial charge in [0, 0.05) is 18.8 Å². The van der Waals surface area contributed by atoms with Gasteiger partial charge in [0.25, 0.3) is 0 Å². The van der Waals surface area contributed by atoms with Crippen molar-refractivity contribution in [3.05, 3.63) is 70.8 Å². The molecule has 4 rings (SSSR count). The van der Waals surface area contributed by atoms with Crippen molar-refractivity contribution >= 4 is 5.91 Å². The summed E-state index contributed by atoms with van der Waals surface area (Å²) in [7, 11) is 0. The van der Waals surface area contributed by atoms with Gasteiger partial charge in [-0.25, -0.2) is 4.39 Å². The zero-order valence-corrected chi connectivity index (χ0v) is 14.5. The van der Waals surface area contributed by atoms with E-state index in [2.05, 4.69) is 16.7 Å². The number of nitrogens with two attached hydrogens (primary N) is 1. The van der Waals surface area contributed by atoms with Gasteiger partial charge in [0.2, 0.25) is 5.91 Å². The summed E-state index contributed by atoms with van der Waals surface area (Å²) in [5, 5.41) is 6.69. The number of hydrogen-bond acceptors (Lipinski definition) is 4. The van der Waals surface area contributed by atoms with E-state index in [9.17, 15) is 9.18 Å². The fourth-order valence-corrected chi connectivity index (χ4v) is 3.93. The lowest BCUT2D eigenvalue weighted by molar-refractivity contribution is -0.131. The molecule has 3 aliphatic rings. The molecule has 0 aromatic heterocycles. The lowest BCUT2D eigenvalue weighted by atomic mass is 9.90. The van der Waals surface area contributed by atoms with E-state index in [0.717, 1.165) is 12.2 Å². The topological polar surface area (TPSA) is 70.4 Å². The largest absolute Gasteiger partial charge is 0.387 e. The van der Waals surface area contributed by atoms with Gasteiger partial charge in [0.1, 0.15) is 5.82 Å². The van der Waals surface area contributed by atoms with E-state index >= 15 is 0 Å². The van der Waals surface area contributed by atoms with Gasteiger partial charge in [0.15, 0.2) is 0 Å². The van der Waals surface area contributed by atoms with Crippen molar-refractivity contribution < 1.29 is 9.18 Å². The molecule has 0 aliphatic carbocycles. The van der Waals surface area contributed by atoms with Gasteiger partial charge in [-0.3, -0.25) is 4.79 Å². The van der Waals surface area contributed by atoms with Crippen LogP contribution in [0, 0.1) is 5.82 Å². The molecule has 0 spiro atoms. The Morgan fingerprint density at radius 3 is 3.00 bits per heavy atom. The highest BCUT2D eigenvalue weighted by molar-refractivity contribution is 5.85. The summed E-state index contributed by atoms with van der Waals surface area (Å²) in [6.45, 7) is 2.43. The van der Waals surface area contributed by atoms with E-state index in [0.29, 0.717) is 31.6 Å². The van der Waals surface area contributed by atoms with Crippen molar-refractivity contribution in [1.82, 2.24) is 15.5 Å². The summed E-state index contributed by atoms with van der Waals surface area (Å²) in [4.78, 5) is 15.0. The number of amides is 1. The van der Waals surface area contributed by atoms with Crippen molar-refractivity contribution in [2.75, 3.05) is 26.2 Å². The third-order valence-corrected chi connectivity index (χ3v) is 5.28. The van der Waals surface area contributed by atoms with Gasteiger partial charge >= 0.3 is 0 Å². The van der Waals surface area contributed by atoms with E-state index in [-0.39, 0.29) is 17.8 Å². The first-order valence-electron chi connectivity index (χ1n) is 8.99. The zero-order valence-electron chi connectivity index (χ0n) is 14.5. The minimum absolute atomic E-state index is 0.0200. The number of nitrogens with zero attached hydrogens (tertiary/aromatic N) is 1. The Kier molecular flexibility index (Phi) is 4.51. The Labute approximate surface area is 152 Å². The molecule has 1 aromatic rings. The van der Waals surface area contributed by atoms with Crippen LogP contribution in [0.4, 0.5) is 4.39 Å². The average Bonchev–Trinajstić information content (AvgIpc) is 2.97. The fourth-order valence-electron chi connectivity index (χ4n) is 3.93. The molecule has 5 nitrogen and oxygen atoms in total. The lowest BCUT2D eigenvalue weighted by Crippen LogP contribution is -2.45. The molecule has 3 aliphatic heterocycles. The number of rotatable bonds is 5. The number of carbonyl (C=O) groups is 1. The van der Waals surface area contributed by atoms with Crippen LogP contribution in [0.1, 0.15) is 17.9 Å². The number of carbonyl (C=O) groups excluding carboxylic acids is 1. The Hall–Kier alpha value is -2.60. The van der Waals surface area contributed by atoms with Gasteiger partial charge in [-0.2, -0.15) is 0 Å². The number of hydrogen-bond donors (Lipinski definition) is 3. The van der Waals surface area contributed by atoms with E-state index in [1.54, 1.807) is 12.1 Å². The molecule has 0 radical (unpaired) electrons. The molecule has 1 aromatic carbocycles. The fraction of sp³-hybridized carbons (Fsp3) is 0.350. The minimum atomic E-state index is -0.397. The van der Waals surface area contributed by atoms with Gasteiger partial charge < -0.3 is 21.3 Å². The highest BCUT2D eigenvalue weighted by atomic mass is 19.1. The Balaban J connectivity index is 1.47. The van der Waals surface area contributed by atoms with E-state index in [1.165, 1.54) is 23.3 Å². The third kappa shape index (κ3) is 3.01. The molecule has 0 saturated carbocycles. The van der Waals surface area contributed by atoms with Crippen molar-refractivity contribution in [2.24, 2.45) is 5.73 Å². The molecule has 26 heavy (non-hydrogen) atoms. The molecule has 6 heteroatoms. The van der Waals surface area contributed by atoms with Crippen LogP contribution in [0.5, 0.6) is 0 Å². The molecule has 1 amide bonds. The van der Waals surface area contributed by atoms with Crippen LogP contribution in [0.2, 0.25) is 0 Å². The summed E-state index contributed by atoms with van der Waals surface area (Å²) >= 11 is 0. The second kappa shape index (κ2) is 6.96. The van der Waals surface area contributed by atoms with Crippen molar-refractivity contribution in [1.29, 1.82) is 0 Å². The summed E-state index contributed by atoms with van der Waals surface area (Å²) in [6.07, 6.45) is 6.56. The van der Waals surface area contributed by atoms with E-state index in [1.807, 2.05) is 17.2 Å². The summed E-state index contributed by atoms with van der Waals surface area (Å²) in [5.41, 5.74) is 10.1. The first-order valence-corrected chi connectivity index (χ1v) is 8.99. The van der Waals surface area contributed by atoms with Crippen LogP contribution in [0.25, 0.3) is 0 Å². The van der Waals surface area contributed by atoms with Crippen molar-refractivity contribution in [3.63, 3.8) is 0 Å². The standard InChI is InChI=1S/C20H23FN4O/c21-15-5-1-3-13(9-15)16(6-7-22)20(26)25-11-17-18(12-25)24-19(17)14-4-2-8-23-10-14/h1-5,8-9,16,19,23-24H,6-7,10-12,22H2. The van der Waals surface area contributed by atoms with Gasteiger partial charge in [0.05, 0.1) is 18.5 Å². The smallest absolute Gasteiger partial charge is 0.230 e. The number of dihydropyridines is 1. The predicted molar refractivity (Wildman–Crippen MR) is 98.6 cm³/mol. The normalized spacial score (nSPS) is 22.2. The predicted octanol–water partition coefficient (Wildman–Crippen LogP) is 1.37. The first kappa shape index (κ1) is 16.8. The number of allylic oxidation sites excluding steroid dienone is 2. The monoisotopic (exact) mass is 354 g/mol. The number of benzene rings is 1. The summed E-state index contributed by atoms with van der Waals surface area (Å²) in [6, 6.07) is 6.49. The zero-order chi connectivity index (χ0) is 18.1. The average molecular weight is 354 g/mol. The van der Waals surface area contributed by atoms with E-state index in [4.69, 9.17) is 5.73 Å². The van der Waals surface area contributed by atoms with Crippen LogP contribution < -0.4 is 16.4 Å². The second-order valence-corrected chi connectivity index (χ2v) is 6.94. The van der Waals surface area contributed by atoms with Crippen LogP contribution in [-0.4, -0.2) is 43.0 Å². The maximum absolute atomic E-state index is 13.6. The molecule has 0 fully saturated rings. The molecule has 136 valence electrons. The van der Waals surface area contributed by atoms with Crippen LogP contribution in [-0.2, 0) is 4.79 Å². The van der Waals surface area contributed by atoms with Crippen LogP contribution in [0.15, 0.2) is 59.5 Å². The van der Waals surface area contributed by atoms with Crippen molar-refractivity contribution in [3.8, 4) is 0 Å². The number of halogens is 1. The maximum Gasteiger partial charge on any atom is 0.230 e. The molecule has 4 N–H and O–H groups in total. The molecule has 0 saturated heterocycles. The van der Waals surface area contributed by atoms with Crippen LogP contribution >= 0.6 is 0 Å². The highest BCUT2D eigenvalue weighted by Gasteiger charge is 2.40. The molecule has 3 heterocycles. The van der Waals surface area contributed by atoms with Gasteiger partial charge in [-0.15, -0.1) is 0 Å². The first-order chi connectivity index (χ1) is 12.7. The quantitative estimate of drug-likeness (QED) is 0.747. The highest BCUT2D eigenvalue weighted by Crippen LogP contribution is 2.34. The van der Waals surface area contributed by atoms with E-state index < -0.39 is 5.92 Å². The Morgan fingerprint density at radius 2 is 2.27 bits per heavy atom. The van der Waals surface area contributed by atoms with Crippen LogP contribution in [0.3, 0.4) is 0 Å². The molecular formula is C20H23FN4O. The number of nitrogens with one attached hydrogen (secondary N) is 2. The Morgan fingerprint density at radius 1 is 1.38 bits per heavy atom. The summed E-state index contributed by atoms with van der Waals surface area (Å²) in [5.74, 6) is -0.702. The molecular weight excluding hydrogens is 331 g/mol. The lowest BCUT2D eigenvalue weighted by Gasteiger charge is -2.33. The van der Waals surface area contributed by atoms with Gasteiger partial charge in [-0.05, 0) is 54.1 Å². The molecule has 2 unspecified atom stereocenters. The SMILES string of the molecule is NCCC(C(=O)N1CC2=C(C1)C(C1=CC=CNC1)N2)c1cccc(F)c1. The van der Waals surface area contributed by atoms with Gasteiger partial charge in [-0.1, -0.05) is 18.2 Å².